The quantitative estimate of drug-likeness (QED) is 0.579. The van der Waals surface area contributed by atoms with Gasteiger partial charge in [0.2, 0.25) is 10.0 Å². The Morgan fingerprint density at radius 3 is 2.68 bits per heavy atom. The number of hydrogen-bond donors (Lipinski definition) is 2. The minimum absolute atomic E-state index is 0.0965. The van der Waals surface area contributed by atoms with Gasteiger partial charge in [-0.15, -0.1) is 0 Å². The number of amides is 1. The highest BCUT2D eigenvalue weighted by molar-refractivity contribution is 7.89. The van der Waals surface area contributed by atoms with Crippen LogP contribution in [0.1, 0.15) is 30.1 Å². The van der Waals surface area contributed by atoms with Crippen LogP contribution in [0.3, 0.4) is 0 Å². The fourth-order valence-electron chi connectivity index (χ4n) is 3.23. The van der Waals surface area contributed by atoms with E-state index in [1.165, 1.54) is 19.2 Å². The normalized spacial score (nSPS) is 17.3. The van der Waals surface area contributed by atoms with Crippen molar-refractivity contribution in [3.8, 4) is 5.75 Å². The topological polar surface area (TPSA) is 103 Å². The molecule has 0 radical (unpaired) electrons. The predicted octanol–water partition coefficient (Wildman–Crippen LogP) is 2.81. The molecule has 1 amide bonds. The van der Waals surface area contributed by atoms with Gasteiger partial charge in [0.1, 0.15) is 12.4 Å². The van der Waals surface area contributed by atoms with Crippen molar-refractivity contribution in [2.24, 2.45) is 0 Å². The highest BCUT2D eigenvalue weighted by atomic mass is 32.2. The summed E-state index contributed by atoms with van der Waals surface area (Å²) < 4.78 is 43.6. The molecule has 2 atom stereocenters. The lowest BCUT2D eigenvalue weighted by Gasteiger charge is -2.14. The van der Waals surface area contributed by atoms with Gasteiger partial charge in [0, 0.05) is 31.0 Å². The Bertz CT molecular complexity index is 972. The van der Waals surface area contributed by atoms with Gasteiger partial charge >= 0.3 is 0 Å². The lowest BCUT2D eigenvalue weighted by Crippen LogP contribution is -2.35. The van der Waals surface area contributed by atoms with Crippen LogP contribution in [0.15, 0.2) is 53.4 Å². The summed E-state index contributed by atoms with van der Waals surface area (Å²) in [5, 5.41) is 2.77. The molecule has 1 aliphatic rings. The second-order valence-corrected chi connectivity index (χ2v) is 9.14. The van der Waals surface area contributed by atoms with Crippen molar-refractivity contribution in [3.63, 3.8) is 0 Å². The second kappa shape index (κ2) is 10.7. The molecule has 8 nitrogen and oxygen atoms in total. The lowest BCUT2D eigenvalue weighted by molar-refractivity contribution is 0.0679. The molecule has 2 unspecified atom stereocenters. The summed E-state index contributed by atoms with van der Waals surface area (Å²) in [5.41, 5.74) is 0.927. The fraction of sp³-hybridized carbons (Fsp3) is 0.409. The van der Waals surface area contributed by atoms with Gasteiger partial charge in [0.15, 0.2) is 0 Å². The van der Waals surface area contributed by atoms with Gasteiger partial charge in [-0.2, -0.15) is 0 Å². The number of methoxy groups -OCH3 is 1. The number of sulfonamides is 1. The maximum absolute atomic E-state index is 12.6. The highest BCUT2D eigenvalue weighted by Crippen LogP contribution is 2.19. The zero-order valence-electron chi connectivity index (χ0n) is 17.7. The Kier molecular flexibility index (Phi) is 8.03. The van der Waals surface area contributed by atoms with Crippen molar-refractivity contribution in [2.75, 3.05) is 32.2 Å². The minimum Gasteiger partial charge on any atom is -0.491 e. The minimum atomic E-state index is -3.67. The van der Waals surface area contributed by atoms with E-state index in [1.54, 1.807) is 43.3 Å². The van der Waals surface area contributed by atoms with Crippen molar-refractivity contribution in [2.45, 2.75) is 36.8 Å². The van der Waals surface area contributed by atoms with E-state index in [2.05, 4.69) is 10.0 Å². The first-order valence-corrected chi connectivity index (χ1v) is 11.6. The maximum atomic E-state index is 12.6. The van der Waals surface area contributed by atoms with E-state index < -0.39 is 10.0 Å². The van der Waals surface area contributed by atoms with Crippen LogP contribution in [-0.4, -0.2) is 53.4 Å². The molecule has 2 aromatic rings. The number of ether oxygens (including phenoxy) is 3. The van der Waals surface area contributed by atoms with Crippen molar-refractivity contribution >= 4 is 21.6 Å². The first-order valence-electron chi connectivity index (χ1n) is 10.1. The Labute approximate surface area is 182 Å². The van der Waals surface area contributed by atoms with Crippen LogP contribution in [0.25, 0.3) is 0 Å². The van der Waals surface area contributed by atoms with Gasteiger partial charge in [-0.3, -0.25) is 4.79 Å². The number of benzene rings is 2. The molecule has 0 saturated carbocycles. The Morgan fingerprint density at radius 1 is 1.23 bits per heavy atom. The van der Waals surface area contributed by atoms with Gasteiger partial charge < -0.3 is 19.5 Å². The number of nitrogens with one attached hydrogen (secondary N) is 2. The number of hydrogen-bond acceptors (Lipinski definition) is 6. The molecular formula is C22H28N2O6S. The summed E-state index contributed by atoms with van der Waals surface area (Å²) in [7, 11) is -2.16. The van der Waals surface area contributed by atoms with E-state index in [-0.39, 0.29) is 29.6 Å². The third-order valence-electron chi connectivity index (χ3n) is 4.75. The first kappa shape index (κ1) is 23.2. The van der Waals surface area contributed by atoms with Gasteiger partial charge in [0.25, 0.3) is 5.91 Å². The fourth-order valence-corrected chi connectivity index (χ4v) is 4.46. The maximum Gasteiger partial charge on any atom is 0.255 e. The van der Waals surface area contributed by atoms with Crippen LogP contribution in [0.5, 0.6) is 5.75 Å². The molecule has 0 spiro atoms. The molecular weight excluding hydrogens is 420 g/mol. The summed E-state index contributed by atoms with van der Waals surface area (Å²) in [4.78, 5) is 12.7. The molecule has 1 heterocycles. The summed E-state index contributed by atoms with van der Waals surface area (Å²) >= 11 is 0. The molecule has 168 valence electrons. The number of anilines is 1. The third kappa shape index (κ3) is 6.76. The molecule has 0 aromatic heterocycles. The van der Waals surface area contributed by atoms with Crippen LogP contribution < -0.4 is 14.8 Å². The van der Waals surface area contributed by atoms with Crippen LogP contribution in [0.2, 0.25) is 0 Å². The zero-order valence-corrected chi connectivity index (χ0v) is 18.5. The molecule has 31 heavy (non-hydrogen) atoms. The molecule has 9 heteroatoms. The predicted molar refractivity (Wildman–Crippen MR) is 117 cm³/mol. The van der Waals surface area contributed by atoms with Crippen LogP contribution in [-0.2, 0) is 19.5 Å². The van der Waals surface area contributed by atoms with E-state index >= 15 is 0 Å². The van der Waals surface area contributed by atoms with E-state index in [0.717, 1.165) is 19.4 Å². The smallest absolute Gasteiger partial charge is 0.255 e. The number of rotatable bonds is 10. The van der Waals surface area contributed by atoms with E-state index in [1.807, 2.05) is 0 Å². The van der Waals surface area contributed by atoms with Crippen molar-refractivity contribution < 1.29 is 27.4 Å². The van der Waals surface area contributed by atoms with Crippen molar-refractivity contribution in [1.82, 2.24) is 4.72 Å². The first-order chi connectivity index (χ1) is 14.9. The Balaban J connectivity index is 1.59. The summed E-state index contributed by atoms with van der Waals surface area (Å²) in [6.07, 6.45) is 2.12. The standard InChI is InChI=1S/C22H28N2O6S/c1-16(14-28-2)24-31(26,27)21-10-8-18(9-11-21)23-22(25)17-5-3-6-19(13-17)30-15-20-7-4-12-29-20/h3,5-6,8-11,13,16,20,24H,4,7,12,14-15H2,1-2H3,(H,23,25). The van der Waals surface area contributed by atoms with Crippen LogP contribution >= 0.6 is 0 Å². The van der Waals surface area contributed by atoms with Crippen molar-refractivity contribution in [1.29, 1.82) is 0 Å². The summed E-state index contributed by atoms with van der Waals surface area (Å²) in [5.74, 6) is 0.283. The molecule has 1 aliphatic heterocycles. The van der Waals surface area contributed by atoms with E-state index in [0.29, 0.717) is 23.6 Å². The van der Waals surface area contributed by atoms with Gasteiger partial charge in [-0.05, 0) is 62.2 Å². The SMILES string of the molecule is COCC(C)NS(=O)(=O)c1ccc(NC(=O)c2cccc(OCC3CCCO3)c2)cc1. The van der Waals surface area contributed by atoms with Gasteiger partial charge in [-0.25, -0.2) is 13.1 Å². The molecule has 0 aliphatic carbocycles. The largest absolute Gasteiger partial charge is 0.491 e. The van der Waals surface area contributed by atoms with E-state index in [4.69, 9.17) is 14.2 Å². The number of carbonyl (C=O) groups is 1. The summed E-state index contributed by atoms with van der Waals surface area (Å²) in [6.45, 7) is 3.20. The lowest BCUT2D eigenvalue weighted by atomic mass is 10.2. The van der Waals surface area contributed by atoms with E-state index in [9.17, 15) is 13.2 Å². The molecule has 1 saturated heterocycles. The highest BCUT2D eigenvalue weighted by Gasteiger charge is 2.18. The van der Waals surface area contributed by atoms with Crippen LogP contribution in [0, 0.1) is 0 Å². The third-order valence-corrected chi connectivity index (χ3v) is 6.36. The Morgan fingerprint density at radius 2 is 2.00 bits per heavy atom. The molecule has 0 bridgehead atoms. The molecule has 2 aromatic carbocycles. The molecule has 1 fully saturated rings. The Hall–Kier alpha value is -2.46. The second-order valence-electron chi connectivity index (χ2n) is 7.43. The monoisotopic (exact) mass is 448 g/mol. The van der Waals surface area contributed by atoms with Crippen LogP contribution in [0.4, 0.5) is 5.69 Å². The van der Waals surface area contributed by atoms with Gasteiger partial charge in [0.05, 0.1) is 17.6 Å². The average molecular weight is 449 g/mol. The molecule has 3 rings (SSSR count). The molecule has 2 N–H and O–H groups in total. The average Bonchev–Trinajstić information content (AvgIpc) is 3.26. The van der Waals surface area contributed by atoms with Gasteiger partial charge in [-0.1, -0.05) is 6.07 Å². The number of carbonyl (C=O) groups excluding carboxylic acids is 1. The zero-order chi connectivity index (χ0) is 22.3. The van der Waals surface area contributed by atoms with Crippen molar-refractivity contribution in [3.05, 3.63) is 54.1 Å². The summed E-state index contributed by atoms with van der Waals surface area (Å²) in [6, 6.07) is 12.5.